The average molecular weight is 554 g/mol. The molecule has 1 saturated heterocycles. The van der Waals surface area contributed by atoms with E-state index in [9.17, 15) is 4.79 Å². The molecule has 40 heavy (non-hydrogen) atoms. The molecule has 3 aromatic rings. The van der Waals surface area contributed by atoms with Crippen LogP contribution in [0.5, 0.6) is 11.6 Å². The van der Waals surface area contributed by atoms with Gasteiger partial charge in [0.2, 0.25) is 11.8 Å². The van der Waals surface area contributed by atoms with Gasteiger partial charge in [-0.3, -0.25) is 9.78 Å². The Kier molecular flexibility index (Phi) is 10.3. The molecule has 0 aromatic carbocycles. The van der Waals surface area contributed by atoms with Crippen LogP contribution in [0.4, 0.5) is 11.8 Å². The second-order valence-corrected chi connectivity index (χ2v) is 10.0. The highest BCUT2D eigenvalue weighted by molar-refractivity contribution is 5.86. The highest BCUT2D eigenvalue weighted by atomic mass is 16.5. The zero-order valence-electron chi connectivity index (χ0n) is 24.2. The van der Waals surface area contributed by atoms with Gasteiger partial charge in [0.1, 0.15) is 11.9 Å². The first kappa shape index (κ1) is 29.3. The van der Waals surface area contributed by atoms with Gasteiger partial charge in [-0.05, 0) is 44.2 Å². The van der Waals surface area contributed by atoms with Crippen LogP contribution in [0.25, 0.3) is 10.9 Å². The Bertz CT molecular complexity index is 1250. The Morgan fingerprint density at radius 2 is 1.77 bits per heavy atom. The van der Waals surface area contributed by atoms with Gasteiger partial charge < -0.3 is 29.3 Å². The summed E-state index contributed by atoms with van der Waals surface area (Å²) < 4.78 is 17.5. The van der Waals surface area contributed by atoms with Crippen molar-refractivity contribution in [2.24, 2.45) is 0 Å². The molecule has 2 fully saturated rings. The molecule has 218 valence electrons. The molecule has 1 aliphatic carbocycles. The number of pyridine rings is 2. The van der Waals surface area contributed by atoms with E-state index >= 15 is 0 Å². The number of fused-ring (bicyclic) bond motifs is 1. The van der Waals surface area contributed by atoms with Crippen LogP contribution in [-0.2, 0) is 9.53 Å². The van der Waals surface area contributed by atoms with E-state index in [1.54, 1.807) is 26.5 Å². The second-order valence-electron chi connectivity index (χ2n) is 10.0. The molecule has 0 unspecified atom stereocenters. The van der Waals surface area contributed by atoms with Crippen molar-refractivity contribution in [1.82, 2.24) is 24.8 Å². The monoisotopic (exact) mass is 553 g/mol. The SMILES string of the molecule is CC.Cc1cnc2cc(N3CCOCC3)nc(OC3CCC(Nc4ncc(OCC(=O)N(C)C)cn4)CC3)c2c1.[HH]. The molecule has 1 saturated carbocycles. The Hall–Kier alpha value is -3.73. The smallest absolute Gasteiger partial charge is 0.259 e. The van der Waals surface area contributed by atoms with Crippen LogP contribution in [-0.4, -0.2) is 89.9 Å². The summed E-state index contributed by atoms with van der Waals surface area (Å²) in [6.07, 6.45) is 8.80. The quantitative estimate of drug-likeness (QED) is 0.437. The van der Waals surface area contributed by atoms with Gasteiger partial charge in [-0.15, -0.1) is 0 Å². The summed E-state index contributed by atoms with van der Waals surface area (Å²) in [4.78, 5) is 33.7. The molecule has 4 heterocycles. The lowest BCUT2D eigenvalue weighted by atomic mass is 9.93. The van der Waals surface area contributed by atoms with Crippen molar-refractivity contribution in [3.63, 3.8) is 0 Å². The van der Waals surface area contributed by atoms with Gasteiger partial charge in [-0.2, -0.15) is 4.98 Å². The summed E-state index contributed by atoms with van der Waals surface area (Å²) >= 11 is 0. The van der Waals surface area contributed by atoms with Crippen LogP contribution in [0.1, 0.15) is 46.5 Å². The van der Waals surface area contributed by atoms with Crippen LogP contribution >= 0.6 is 0 Å². The number of anilines is 2. The number of amides is 1. The third-order valence-corrected chi connectivity index (χ3v) is 6.88. The Balaban J connectivity index is 0.00000151. The Morgan fingerprint density at radius 1 is 1.07 bits per heavy atom. The molecular formula is C29H43N7O4. The number of nitrogens with zero attached hydrogens (tertiary/aromatic N) is 6. The molecule has 0 bridgehead atoms. The molecule has 11 nitrogen and oxygen atoms in total. The minimum absolute atomic E-state index is 0. The van der Waals surface area contributed by atoms with Crippen molar-refractivity contribution < 1.29 is 20.4 Å². The molecular weight excluding hydrogens is 510 g/mol. The Morgan fingerprint density at radius 3 is 2.45 bits per heavy atom. The molecule has 11 heteroatoms. The van der Waals surface area contributed by atoms with Crippen LogP contribution in [0.2, 0.25) is 0 Å². The highest BCUT2D eigenvalue weighted by Gasteiger charge is 2.25. The fourth-order valence-corrected chi connectivity index (χ4v) is 4.63. The number of morpholine rings is 1. The number of aromatic nitrogens is 4. The first-order valence-corrected chi connectivity index (χ1v) is 14.1. The van der Waals surface area contributed by atoms with E-state index in [1.807, 2.05) is 33.0 Å². The molecule has 2 aliphatic rings. The zero-order valence-corrected chi connectivity index (χ0v) is 24.2. The van der Waals surface area contributed by atoms with E-state index in [1.165, 1.54) is 4.90 Å². The summed E-state index contributed by atoms with van der Waals surface area (Å²) in [5.74, 6) is 2.44. The topological polar surface area (TPSA) is 115 Å². The minimum atomic E-state index is -0.117. The highest BCUT2D eigenvalue weighted by Crippen LogP contribution is 2.32. The third kappa shape index (κ3) is 7.68. The number of rotatable bonds is 8. The third-order valence-electron chi connectivity index (χ3n) is 6.88. The molecule has 3 aromatic heterocycles. The summed E-state index contributed by atoms with van der Waals surface area (Å²) in [5, 5.41) is 4.36. The first-order chi connectivity index (χ1) is 19.4. The van der Waals surface area contributed by atoms with Crippen molar-refractivity contribution in [2.75, 3.05) is 57.2 Å². The number of carbonyl (C=O) groups is 1. The van der Waals surface area contributed by atoms with Crippen molar-refractivity contribution in [3.8, 4) is 11.6 Å². The molecule has 1 amide bonds. The molecule has 5 rings (SSSR count). The molecule has 0 spiro atoms. The lowest BCUT2D eigenvalue weighted by molar-refractivity contribution is -0.130. The summed E-state index contributed by atoms with van der Waals surface area (Å²) in [5.41, 5.74) is 1.98. The number of hydrogen-bond acceptors (Lipinski definition) is 10. The lowest BCUT2D eigenvalue weighted by Gasteiger charge is -2.31. The van der Waals surface area contributed by atoms with Gasteiger partial charge in [-0.25, -0.2) is 9.97 Å². The van der Waals surface area contributed by atoms with E-state index in [4.69, 9.17) is 19.2 Å². The summed E-state index contributed by atoms with van der Waals surface area (Å²) in [6.45, 7) is 9.01. The van der Waals surface area contributed by atoms with Crippen LogP contribution in [0.15, 0.2) is 30.7 Å². The number of carbonyl (C=O) groups excluding carboxylic acids is 1. The molecule has 1 aliphatic heterocycles. The second kappa shape index (κ2) is 14.1. The van der Waals surface area contributed by atoms with Gasteiger partial charge >= 0.3 is 0 Å². The van der Waals surface area contributed by atoms with Gasteiger partial charge in [0.15, 0.2) is 12.4 Å². The van der Waals surface area contributed by atoms with Gasteiger partial charge in [-0.1, -0.05) is 13.8 Å². The number of hydrogen-bond donors (Lipinski definition) is 1. The van der Waals surface area contributed by atoms with E-state index in [0.29, 0.717) is 30.8 Å². The maximum Gasteiger partial charge on any atom is 0.259 e. The van der Waals surface area contributed by atoms with Crippen molar-refractivity contribution in [1.29, 1.82) is 0 Å². The number of aryl methyl sites for hydroxylation is 1. The minimum Gasteiger partial charge on any atom is -0.481 e. The summed E-state index contributed by atoms with van der Waals surface area (Å²) in [7, 11) is 3.38. The van der Waals surface area contributed by atoms with E-state index in [0.717, 1.165) is 61.1 Å². The van der Waals surface area contributed by atoms with E-state index in [-0.39, 0.29) is 26.1 Å². The molecule has 1 N–H and O–H groups in total. The van der Waals surface area contributed by atoms with Crippen LogP contribution in [0.3, 0.4) is 0 Å². The summed E-state index contributed by atoms with van der Waals surface area (Å²) in [6, 6.07) is 4.40. The lowest BCUT2D eigenvalue weighted by Crippen LogP contribution is -2.37. The Labute approximate surface area is 237 Å². The number of nitrogens with one attached hydrogen (secondary N) is 1. The zero-order chi connectivity index (χ0) is 28.5. The maximum atomic E-state index is 11.7. The normalized spacial score (nSPS) is 18.9. The van der Waals surface area contributed by atoms with Gasteiger partial charge in [0, 0.05) is 46.9 Å². The van der Waals surface area contributed by atoms with Crippen molar-refractivity contribution in [2.45, 2.75) is 58.6 Å². The van der Waals surface area contributed by atoms with Gasteiger partial charge in [0.05, 0.1) is 36.5 Å². The number of likely N-dealkylation sites (N-methyl/N-ethyl adjacent to an activating group) is 1. The maximum absolute atomic E-state index is 11.7. The standard InChI is InChI=1S/C27H35N7O4.C2H6.H2/c1-18-12-22-23(28-14-18)13-24(34-8-10-36-11-9-34)32-26(22)38-20-6-4-19(5-7-20)31-27-29-15-21(16-30-27)37-17-25(35)33(2)3;1-2;/h12-16,19-20H,4-11,17H2,1-3H3,(H,29,30,31);1-2H3;1H. The molecule has 0 atom stereocenters. The van der Waals surface area contributed by atoms with E-state index < -0.39 is 0 Å². The predicted octanol–water partition coefficient (Wildman–Crippen LogP) is 4.11. The van der Waals surface area contributed by atoms with Gasteiger partial charge in [0.25, 0.3) is 5.91 Å². The predicted molar refractivity (Wildman–Crippen MR) is 157 cm³/mol. The van der Waals surface area contributed by atoms with Crippen LogP contribution < -0.4 is 19.7 Å². The first-order valence-electron chi connectivity index (χ1n) is 14.1. The van der Waals surface area contributed by atoms with E-state index in [2.05, 4.69) is 31.2 Å². The fraction of sp³-hybridized carbons (Fsp3) is 0.552. The molecule has 0 radical (unpaired) electrons. The van der Waals surface area contributed by atoms with Crippen LogP contribution in [0, 0.1) is 6.92 Å². The van der Waals surface area contributed by atoms with Crippen molar-refractivity contribution in [3.05, 3.63) is 36.3 Å². The van der Waals surface area contributed by atoms with Crippen molar-refractivity contribution >= 4 is 28.6 Å². The fourth-order valence-electron chi connectivity index (χ4n) is 4.63. The largest absolute Gasteiger partial charge is 0.481 e. The number of ether oxygens (including phenoxy) is 3. The average Bonchev–Trinajstić information content (AvgIpc) is 2.99.